The summed E-state index contributed by atoms with van der Waals surface area (Å²) in [6.45, 7) is 5.41. The average Bonchev–Trinajstić information content (AvgIpc) is 2.38. The van der Waals surface area contributed by atoms with Gasteiger partial charge in [0.05, 0.1) is 0 Å². The smallest absolute Gasteiger partial charge is 0.134 e. The summed E-state index contributed by atoms with van der Waals surface area (Å²) < 4.78 is 0. The van der Waals surface area contributed by atoms with E-state index in [1.54, 1.807) is 12.1 Å². The highest BCUT2D eigenvalue weighted by Gasteiger charge is 2.14. The first kappa shape index (κ1) is 15.6. The topological polar surface area (TPSA) is 48.4 Å². The van der Waals surface area contributed by atoms with Gasteiger partial charge in [-0.15, -0.1) is 0 Å². The van der Waals surface area contributed by atoms with E-state index >= 15 is 0 Å². The Morgan fingerprint density at radius 2 is 2.00 bits per heavy atom. The maximum Gasteiger partial charge on any atom is 0.134 e. The molecule has 0 saturated carbocycles. The quantitative estimate of drug-likeness (QED) is 0.855. The van der Waals surface area contributed by atoms with Crippen LogP contribution in [0.5, 0.6) is 5.75 Å². The minimum absolute atomic E-state index is 0.270. The first-order valence-corrected chi connectivity index (χ1v) is 7.44. The first-order chi connectivity index (χ1) is 9.95. The summed E-state index contributed by atoms with van der Waals surface area (Å²) in [5.41, 5.74) is 0. The number of nitrogens with zero attached hydrogens (tertiary/aromatic N) is 2. The van der Waals surface area contributed by atoms with Crippen LogP contribution >= 0.6 is 0 Å². The van der Waals surface area contributed by atoms with E-state index in [4.69, 9.17) is 0 Å². The van der Waals surface area contributed by atoms with Crippen molar-refractivity contribution >= 4 is 16.6 Å². The van der Waals surface area contributed by atoms with Gasteiger partial charge in [0.15, 0.2) is 0 Å². The molecule has 0 fully saturated rings. The number of pyridine rings is 1. The summed E-state index contributed by atoms with van der Waals surface area (Å²) in [5.74, 6) is 1.73. The molecule has 2 N–H and O–H groups in total. The second-order valence-corrected chi connectivity index (χ2v) is 6.30. The number of aromatic nitrogens is 1. The van der Waals surface area contributed by atoms with E-state index < -0.39 is 0 Å². The predicted octanol–water partition coefficient (Wildman–Crippen LogP) is 3.33. The fraction of sp³-hybridized carbons (Fsp3) is 0.471. The fourth-order valence-corrected chi connectivity index (χ4v) is 2.65. The van der Waals surface area contributed by atoms with E-state index in [2.05, 4.69) is 43.1 Å². The zero-order valence-corrected chi connectivity index (χ0v) is 13.3. The Hall–Kier alpha value is -1.81. The first-order valence-electron chi connectivity index (χ1n) is 7.44. The molecule has 1 unspecified atom stereocenters. The van der Waals surface area contributed by atoms with E-state index in [0.29, 0.717) is 12.0 Å². The summed E-state index contributed by atoms with van der Waals surface area (Å²) in [7, 11) is 4.16. The molecule has 21 heavy (non-hydrogen) atoms. The molecule has 0 aliphatic rings. The fourth-order valence-electron chi connectivity index (χ4n) is 2.65. The summed E-state index contributed by atoms with van der Waals surface area (Å²) in [6.07, 6.45) is 2.89. The third-order valence-corrected chi connectivity index (χ3v) is 3.43. The van der Waals surface area contributed by atoms with Crippen LogP contribution in [0.2, 0.25) is 0 Å². The van der Waals surface area contributed by atoms with Crippen LogP contribution in [0.1, 0.15) is 20.3 Å². The minimum Gasteiger partial charge on any atom is -0.508 e. The van der Waals surface area contributed by atoms with Crippen molar-refractivity contribution in [2.45, 2.75) is 26.3 Å². The number of hydrogen-bond acceptors (Lipinski definition) is 4. The monoisotopic (exact) mass is 287 g/mol. The number of benzene rings is 1. The Morgan fingerprint density at radius 3 is 2.67 bits per heavy atom. The highest BCUT2D eigenvalue weighted by atomic mass is 16.3. The largest absolute Gasteiger partial charge is 0.508 e. The number of aromatic hydroxyl groups is 1. The molecule has 1 aromatic heterocycles. The van der Waals surface area contributed by atoms with Crippen LogP contribution in [-0.4, -0.2) is 41.7 Å². The van der Waals surface area contributed by atoms with Crippen LogP contribution in [0.25, 0.3) is 10.8 Å². The molecule has 1 aromatic carbocycles. The van der Waals surface area contributed by atoms with Crippen molar-refractivity contribution in [2.24, 2.45) is 5.92 Å². The van der Waals surface area contributed by atoms with Crippen molar-refractivity contribution in [3.05, 3.63) is 30.5 Å². The summed E-state index contributed by atoms with van der Waals surface area (Å²) in [6, 6.07) is 7.69. The van der Waals surface area contributed by atoms with Gasteiger partial charge >= 0.3 is 0 Å². The van der Waals surface area contributed by atoms with E-state index in [1.807, 2.05) is 18.3 Å². The van der Waals surface area contributed by atoms with Gasteiger partial charge in [0.2, 0.25) is 0 Å². The molecule has 0 saturated heterocycles. The lowest BCUT2D eigenvalue weighted by molar-refractivity contribution is 0.356. The van der Waals surface area contributed by atoms with Crippen molar-refractivity contribution in [3.8, 4) is 5.75 Å². The van der Waals surface area contributed by atoms with Crippen molar-refractivity contribution in [3.63, 3.8) is 0 Å². The Labute approximate surface area is 126 Å². The van der Waals surface area contributed by atoms with Crippen LogP contribution in [0.4, 0.5) is 5.82 Å². The van der Waals surface area contributed by atoms with E-state index in [9.17, 15) is 5.11 Å². The van der Waals surface area contributed by atoms with Gasteiger partial charge in [-0.05, 0) is 50.0 Å². The Bertz CT molecular complexity index is 586. The molecule has 1 atom stereocenters. The molecule has 0 aliphatic heterocycles. The molecule has 0 amide bonds. The zero-order valence-electron chi connectivity index (χ0n) is 13.3. The van der Waals surface area contributed by atoms with E-state index in [-0.39, 0.29) is 5.75 Å². The van der Waals surface area contributed by atoms with Gasteiger partial charge in [-0.1, -0.05) is 19.9 Å². The van der Waals surface area contributed by atoms with Crippen molar-refractivity contribution in [1.82, 2.24) is 9.88 Å². The van der Waals surface area contributed by atoms with Crippen LogP contribution in [-0.2, 0) is 0 Å². The van der Waals surface area contributed by atoms with Crippen molar-refractivity contribution in [2.75, 3.05) is 26.0 Å². The van der Waals surface area contributed by atoms with Crippen LogP contribution in [0, 0.1) is 5.92 Å². The zero-order chi connectivity index (χ0) is 15.4. The summed E-state index contributed by atoms with van der Waals surface area (Å²) in [4.78, 5) is 6.64. The lowest BCUT2D eigenvalue weighted by atomic mass is 10.0. The lowest BCUT2D eigenvalue weighted by Gasteiger charge is -2.25. The molecule has 4 nitrogen and oxygen atoms in total. The lowest BCUT2D eigenvalue weighted by Crippen LogP contribution is -2.33. The Balaban J connectivity index is 2.29. The highest BCUT2D eigenvalue weighted by molar-refractivity contribution is 5.92. The maximum absolute atomic E-state index is 9.72. The normalized spacial score (nSPS) is 13.0. The van der Waals surface area contributed by atoms with Crippen molar-refractivity contribution < 1.29 is 5.11 Å². The number of nitrogens with one attached hydrogen (secondary N) is 1. The number of phenols is 1. The van der Waals surface area contributed by atoms with Gasteiger partial charge in [0.25, 0.3) is 0 Å². The second kappa shape index (κ2) is 6.76. The van der Waals surface area contributed by atoms with Gasteiger partial charge in [-0.3, -0.25) is 0 Å². The Morgan fingerprint density at radius 1 is 1.24 bits per heavy atom. The third-order valence-electron chi connectivity index (χ3n) is 3.43. The molecule has 114 valence electrons. The maximum atomic E-state index is 9.72. The molecule has 4 heteroatoms. The van der Waals surface area contributed by atoms with Gasteiger partial charge in [-0.2, -0.15) is 0 Å². The van der Waals surface area contributed by atoms with E-state index in [1.165, 1.54) is 0 Å². The molecule has 0 aliphatic carbocycles. The SMILES string of the molecule is CC(C)CC(CN(C)C)Nc1nccc2ccc(O)cc12. The molecule has 2 aromatic rings. The van der Waals surface area contributed by atoms with Gasteiger partial charge < -0.3 is 15.3 Å². The predicted molar refractivity (Wildman–Crippen MR) is 88.8 cm³/mol. The number of hydrogen-bond donors (Lipinski definition) is 2. The minimum atomic E-state index is 0.270. The standard InChI is InChI=1S/C17H25N3O/c1-12(2)9-14(11-20(3)4)19-17-16-10-15(21)6-5-13(16)7-8-18-17/h5-8,10,12,14,21H,9,11H2,1-4H3,(H,18,19). The molecule has 0 radical (unpaired) electrons. The van der Waals surface area contributed by atoms with Gasteiger partial charge in [0.1, 0.15) is 11.6 Å². The summed E-state index contributed by atoms with van der Waals surface area (Å²) in [5, 5.41) is 15.3. The Kier molecular flexibility index (Phi) is 5.02. The molecule has 0 spiro atoms. The van der Waals surface area contributed by atoms with Crippen LogP contribution < -0.4 is 5.32 Å². The molecule has 2 rings (SSSR count). The second-order valence-electron chi connectivity index (χ2n) is 6.30. The number of fused-ring (bicyclic) bond motifs is 1. The number of likely N-dealkylation sites (N-methyl/N-ethyl adjacent to an activating group) is 1. The van der Waals surface area contributed by atoms with Gasteiger partial charge in [-0.25, -0.2) is 4.98 Å². The van der Waals surface area contributed by atoms with Crippen molar-refractivity contribution in [1.29, 1.82) is 0 Å². The average molecular weight is 287 g/mol. The number of anilines is 1. The molecular weight excluding hydrogens is 262 g/mol. The number of phenolic OH excluding ortho intramolecular Hbond substituents is 1. The van der Waals surface area contributed by atoms with Crippen LogP contribution in [0.15, 0.2) is 30.5 Å². The molecule has 1 heterocycles. The van der Waals surface area contributed by atoms with Gasteiger partial charge in [0, 0.05) is 24.2 Å². The number of rotatable bonds is 6. The van der Waals surface area contributed by atoms with Crippen LogP contribution in [0.3, 0.4) is 0 Å². The highest BCUT2D eigenvalue weighted by Crippen LogP contribution is 2.26. The molecular formula is C17H25N3O. The summed E-state index contributed by atoms with van der Waals surface area (Å²) >= 11 is 0. The third kappa shape index (κ3) is 4.33. The van der Waals surface area contributed by atoms with E-state index in [0.717, 1.165) is 29.6 Å². The molecule has 0 bridgehead atoms.